The van der Waals surface area contributed by atoms with E-state index in [1.165, 1.54) is 119 Å². The van der Waals surface area contributed by atoms with Gasteiger partial charge in [-0.05, 0) is 41.5 Å². The number of rotatable bonds is 17. The number of ether oxygens (including phenoxy) is 1. The van der Waals surface area contributed by atoms with Crippen molar-refractivity contribution in [3.05, 3.63) is 41.5 Å². The summed E-state index contributed by atoms with van der Waals surface area (Å²) in [6, 6.07) is 11.3. The van der Waals surface area contributed by atoms with Gasteiger partial charge in [-0.15, -0.1) is 0 Å². The Kier molecular flexibility index (Phi) is 12.7. The third kappa shape index (κ3) is 9.26. The molecule has 2 aliphatic rings. The summed E-state index contributed by atoms with van der Waals surface area (Å²) in [5, 5.41) is 0. The zero-order valence-electron chi connectivity index (χ0n) is 21.0. The Morgan fingerprint density at radius 1 is 0.677 bits per heavy atom. The average Bonchev–Trinajstić information content (AvgIpc) is 3.05. The van der Waals surface area contributed by atoms with Crippen molar-refractivity contribution in [1.82, 2.24) is 0 Å². The fraction of sp³-hybridized carbons (Fsp3) is 0.667. The van der Waals surface area contributed by atoms with Gasteiger partial charge in [0.15, 0.2) is 0 Å². The van der Waals surface area contributed by atoms with Crippen LogP contribution in [0.5, 0.6) is 5.75 Å². The summed E-state index contributed by atoms with van der Waals surface area (Å²) in [6.45, 7) is 6.81. The number of hydrogen-bond acceptors (Lipinski definition) is 1. The Bertz CT molecular complexity index is 687. The fourth-order valence-corrected chi connectivity index (χ4v) is 4.69. The van der Waals surface area contributed by atoms with E-state index in [-0.39, 0.29) is 0 Å². The first-order valence-corrected chi connectivity index (χ1v) is 13.3. The maximum absolute atomic E-state index is 5.75. The van der Waals surface area contributed by atoms with Crippen molar-refractivity contribution in [2.45, 2.75) is 123 Å². The minimum Gasteiger partial charge on any atom is -0.496 e. The molecule has 0 heterocycles. The van der Waals surface area contributed by atoms with Crippen LogP contribution in [0, 0.1) is 0 Å². The molecule has 0 unspecified atom stereocenters. The summed E-state index contributed by atoms with van der Waals surface area (Å²) in [6.07, 6.45) is 21.0. The highest BCUT2D eigenvalue weighted by atomic mass is 16.5. The number of unbranched alkanes of at least 4 members (excludes halogenated alkanes) is 13. The zero-order chi connectivity index (χ0) is 22.3. The van der Waals surface area contributed by atoms with Crippen LogP contribution in [0.25, 0.3) is 11.1 Å². The molecule has 2 aliphatic carbocycles. The Morgan fingerprint density at radius 3 is 1.74 bits per heavy atom. The van der Waals surface area contributed by atoms with Gasteiger partial charge in [-0.3, -0.25) is 0 Å². The summed E-state index contributed by atoms with van der Waals surface area (Å²) in [7, 11) is 1.80. The zero-order valence-corrected chi connectivity index (χ0v) is 21.0. The van der Waals surface area contributed by atoms with Crippen LogP contribution >= 0.6 is 0 Å². The van der Waals surface area contributed by atoms with Crippen molar-refractivity contribution in [2.24, 2.45) is 0 Å². The second kappa shape index (κ2) is 15.3. The number of aryl methyl sites for hydroxylation is 1. The molecule has 0 saturated carbocycles. The van der Waals surface area contributed by atoms with Crippen LogP contribution < -0.4 is 4.74 Å². The van der Waals surface area contributed by atoms with E-state index in [1.54, 1.807) is 7.11 Å². The molecule has 1 heteroatoms. The smallest absolute Gasteiger partial charge is 0.126 e. The fourth-order valence-electron chi connectivity index (χ4n) is 4.69. The second-order valence-corrected chi connectivity index (χ2v) is 9.74. The molecule has 0 radical (unpaired) electrons. The summed E-state index contributed by atoms with van der Waals surface area (Å²) in [4.78, 5) is 0. The first-order chi connectivity index (χ1) is 15.2. The molecule has 31 heavy (non-hydrogen) atoms. The van der Waals surface area contributed by atoms with Crippen LogP contribution in [0.15, 0.2) is 30.3 Å². The molecule has 0 bridgehead atoms. The van der Waals surface area contributed by atoms with Crippen LogP contribution in [-0.2, 0) is 6.42 Å². The van der Waals surface area contributed by atoms with E-state index >= 15 is 0 Å². The van der Waals surface area contributed by atoms with Gasteiger partial charge in [0.05, 0.1) is 7.11 Å². The van der Waals surface area contributed by atoms with Gasteiger partial charge in [-0.2, -0.15) is 0 Å². The van der Waals surface area contributed by atoms with Crippen molar-refractivity contribution in [3.63, 3.8) is 0 Å². The van der Waals surface area contributed by atoms with Crippen molar-refractivity contribution in [3.8, 4) is 16.9 Å². The molecule has 174 valence electrons. The van der Waals surface area contributed by atoms with Crippen LogP contribution in [0.3, 0.4) is 0 Å². The molecule has 0 saturated heterocycles. The second-order valence-electron chi connectivity index (χ2n) is 9.74. The van der Waals surface area contributed by atoms with Gasteiger partial charge in [-0.1, -0.05) is 129 Å². The summed E-state index contributed by atoms with van der Waals surface area (Å²) >= 11 is 0. The normalized spacial score (nSPS) is 11.5. The monoisotopic (exact) mass is 424 g/mol. The maximum atomic E-state index is 5.75. The Labute approximate surface area is 193 Å². The van der Waals surface area contributed by atoms with E-state index in [9.17, 15) is 0 Å². The lowest BCUT2D eigenvalue weighted by atomic mass is 10.0. The highest BCUT2D eigenvalue weighted by Gasteiger charge is 2.15. The third-order valence-corrected chi connectivity index (χ3v) is 6.76. The van der Waals surface area contributed by atoms with E-state index in [1.807, 2.05) is 0 Å². The molecular weight excluding hydrogens is 376 g/mol. The molecule has 1 nitrogen and oxygen atoms in total. The van der Waals surface area contributed by atoms with Gasteiger partial charge < -0.3 is 4.74 Å². The lowest BCUT2D eigenvalue weighted by Crippen LogP contribution is -1.90. The van der Waals surface area contributed by atoms with Crippen LogP contribution in [-0.4, -0.2) is 7.11 Å². The molecular formula is C30H48O. The lowest BCUT2D eigenvalue weighted by molar-refractivity contribution is 0.416. The molecule has 0 N–H and O–H groups in total. The highest BCUT2D eigenvalue weighted by molar-refractivity contribution is 5.77. The Morgan fingerprint density at radius 2 is 1.23 bits per heavy atom. The van der Waals surface area contributed by atoms with Crippen molar-refractivity contribution in [1.29, 1.82) is 0 Å². The Hall–Kier alpha value is -1.50. The van der Waals surface area contributed by atoms with Gasteiger partial charge in [0.1, 0.15) is 5.75 Å². The van der Waals surface area contributed by atoms with Gasteiger partial charge in [0, 0.05) is 5.56 Å². The highest BCUT2D eigenvalue weighted by Crippen LogP contribution is 2.38. The minimum atomic E-state index is 0.532. The predicted octanol–water partition coefficient (Wildman–Crippen LogP) is 9.95. The first-order valence-electron chi connectivity index (χ1n) is 13.3. The van der Waals surface area contributed by atoms with E-state index in [0.29, 0.717) is 5.92 Å². The average molecular weight is 425 g/mol. The quantitative estimate of drug-likeness (QED) is 0.229. The summed E-state index contributed by atoms with van der Waals surface area (Å²) in [5.41, 5.74) is 5.48. The summed E-state index contributed by atoms with van der Waals surface area (Å²) in [5.74, 6) is 1.55. The largest absolute Gasteiger partial charge is 0.496 e. The molecule has 2 rings (SSSR count). The third-order valence-electron chi connectivity index (χ3n) is 6.76. The van der Waals surface area contributed by atoms with Gasteiger partial charge in [0.25, 0.3) is 0 Å². The van der Waals surface area contributed by atoms with Crippen LogP contribution in [0.2, 0.25) is 0 Å². The molecule has 0 aromatic heterocycles. The topological polar surface area (TPSA) is 9.23 Å². The van der Waals surface area contributed by atoms with E-state index in [2.05, 4.69) is 51.1 Å². The molecule has 0 fully saturated rings. The van der Waals surface area contributed by atoms with E-state index < -0.39 is 0 Å². The van der Waals surface area contributed by atoms with Gasteiger partial charge in [0.2, 0.25) is 0 Å². The van der Waals surface area contributed by atoms with E-state index in [0.717, 1.165) is 5.75 Å². The SMILES string of the molecule is CCCCCCCCCCCCCCCCc1ccc2cc(C(C)C)ccc(OC)c1-2. The molecule has 0 atom stereocenters. The number of hydrogen-bond donors (Lipinski definition) is 0. The van der Waals surface area contributed by atoms with Crippen molar-refractivity contribution < 1.29 is 4.74 Å². The van der Waals surface area contributed by atoms with Crippen molar-refractivity contribution in [2.75, 3.05) is 7.11 Å². The molecule has 0 aliphatic heterocycles. The van der Waals surface area contributed by atoms with Crippen molar-refractivity contribution >= 4 is 0 Å². The summed E-state index contributed by atoms with van der Waals surface area (Å²) < 4.78 is 5.75. The molecule has 0 spiro atoms. The molecule has 0 aromatic carbocycles. The maximum Gasteiger partial charge on any atom is 0.126 e. The molecule has 0 amide bonds. The Balaban J connectivity index is 1.61. The van der Waals surface area contributed by atoms with Gasteiger partial charge >= 0.3 is 0 Å². The minimum absolute atomic E-state index is 0.532. The predicted molar refractivity (Wildman–Crippen MR) is 138 cm³/mol. The van der Waals surface area contributed by atoms with Gasteiger partial charge in [-0.25, -0.2) is 0 Å². The molecule has 0 aromatic rings. The van der Waals surface area contributed by atoms with Crippen LogP contribution in [0.4, 0.5) is 0 Å². The first kappa shape index (κ1) is 25.8. The standard InChI is InChI=1S/C30H48O/c1-5-6-7-8-9-10-11-12-13-14-15-16-17-18-19-26-20-21-28-24-27(25(2)3)22-23-29(31-4)30(26)28/h20-25H,5-19H2,1-4H3. The number of methoxy groups -OCH3 is 1. The van der Waals surface area contributed by atoms with Crippen LogP contribution in [0.1, 0.15) is 128 Å². The number of fused-ring (bicyclic) bond motifs is 1. The van der Waals surface area contributed by atoms with E-state index in [4.69, 9.17) is 4.74 Å². The lowest BCUT2D eigenvalue weighted by Gasteiger charge is -2.08.